The number of pyridine rings is 1. The number of rotatable bonds is 9. The van der Waals surface area contributed by atoms with E-state index in [-0.39, 0.29) is 24.0 Å². The monoisotopic (exact) mass is 569 g/mol. The highest BCUT2D eigenvalue weighted by atomic mass is 35.5. The second kappa shape index (κ2) is 11.0. The second-order valence-corrected chi connectivity index (χ2v) is 12.3. The zero-order valence-electron chi connectivity index (χ0n) is 21.4. The van der Waals surface area contributed by atoms with Gasteiger partial charge in [0.15, 0.2) is 14.6 Å². The molecule has 1 amide bonds. The van der Waals surface area contributed by atoms with Crippen molar-refractivity contribution < 1.29 is 27.5 Å². The van der Waals surface area contributed by atoms with Crippen molar-refractivity contribution in [2.24, 2.45) is 7.05 Å². The minimum absolute atomic E-state index is 0.0369. The van der Waals surface area contributed by atoms with Crippen LogP contribution in [0.3, 0.4) is 0 Å². The first-order valence-corrected chi connectivity index (χ1v) is 13.6. The highest BCUT2D eigenvalue weighted by Crippen LogP contribution is 2.33. The fourth-order valence-corrected chi connectivity index (χ4v) is 5.46. The Kier molecular flexibility index (Phi) is 8.58. The van der Waals surface area contributed by atoms with Gasteiger partial charge in [-0.1, -0.05) is 35.3 Å². The van der Waals surface area contributed by atoms with Crippen LogP contribution in [0.5, 0.6) is 0 Å². The molecule has 0 radical (unpaired) electrons. The number of ether oxygens (including phenoxy) is 2. The summed E-state index contributed by atoms with van der Waals surface area (Å²) < 4.78 is 36.0. The van der Waals surface area contributed by atoms with Crippen molar-refractivity contribution in [1.29, 1.82) is 0 Å². The Balaban J connectivity index is 1.79. The molecule has 0 saturated heterocycles. The Morgan fingerprint density at radius 2 is 1.76 bits per heavy atom. The van der Waals surface area contributed by atoms with Crippen molar-refractivity contribution in [2.75, 3.05) is 20.3 Å². The number of hydrogen-bond acceptors (Lipinski definition) is 7. The standard InChI is InChI=1S/C25H29Cl2N3O6S/c1-14(29-23(31)19-13-18-21(27)20(26)15(2)28-22(18)30(19)5)16-7-9-17(10-8-16)37(33,34)25(3,4)24(32)36-12-11-35-6/h7-10,13-14H,11-12H2,1-6H3,(H,29,31). The lowest BCUT2D eigenvalue weighted by molar-refractivity contribution is -0.147. The first-order valence-electron chi connectivity index (χ1n) is 11.4. The first kappa shape index (κ1) is 28.9. The maximum atomic E-state index is 13.1. The molecule has 0 aliphatic heterocycles. The van der Waals surface area contributed by atoms with Gasteiger partial charge in [0.25, 0.3) is 5.91 Å². The maximum absolute atomic E-state index is 13.1. The summed E-state index contributed by atoms with van der Waals surface area (Å²) in [6.45, 7) is 6.22. The Labute approximate surface area is 226 Å². The number of fused-ring (bicyclic) bond motifs is 1. The van der Waals surface area contributed by atoms with Crippen molar-refractivity contribution in [3.05, 3.63) is 57.3 Å². The number of halogens is 2. The van der Waals surface area contributed by atoms with E-state index in [0.717, 1.165) is 0 Å². The van der Waals surface area contributed by atoms with E-state index in [1.807, 2.05) is 0 Å². The van der Waals surface area contributed by atoms with Gasteiger partial charge < -0.3 is 19.4 Å². The summed E-state index contributed by atoms with van der Waals surface area (Å²) in [4.78, 5) is 29.9. The molecule has 0 aliphatic rings. The van der Waals surface area contributed by atoms with E-state index >= 15 is 0 Å². The van der Waals surface area contributed by atoms with Crippen LogP contribution in [0.2, 0.25) is 10.0 Å². The van der Waals surface area contributed by atoms with Crippen molar-refractivity contribution in [3.63, 3.8) is 0 Å². The molecule has 1 aromatic carbocycles. The summed E-state index contributed by atoms with van der Waals surface area (Å²) in [6, 6.07) is 7.16. The van der Waals surface area contributed by atoms with E-state index in [1.165, 1.54) is 33.1 Å². The van der Waals surface area contributed by atoms with Gasteiger partial charge in [-0.05, 0) is 51.5 Å². The Morgan fingerprint density at radius 1 is 1.14 bits per heavy atom. The topological polar surface area (TPSA) is 117 Å². The summed E-state index contributed by atoms with van der Waals surface area (Å²) in [5.41, 5.74) is 2.09. The van der Waals surface area contributed by atoms with Crippen LogP contribution in [0, 0.1) is 6.92 Å². The molecule has 9 nitrogen and oxygen atoms in total. The number of sulfone groups is 1. The van der Waals surface area contributed by atoms with Gasteiger partial charge in [0.05, 0.1) is 33.3 Å². The molecule has 1 atom stereocenters. The van der Waals surface area contributed by atoms with Crippen LogP contribution in [-0.4, -0.2) is 54.9 Å². The lowest BCUT2D eigenvalue weighted by Gasteiger charge is -2.23. The summed E-state index contributed by atoms with van der Waals surface area (Å²) in [5.74, 6) is -1.23. The third-order valence-electron chi connectivity index (χ3n) is 6.18. The largest absolute Gasteiger partial charge is 0.462 e. The van der Waals surface area contributed by atoms with E-state index in [4.69, 9.17) is 32.7 Å². The number of carbonyl (C=O) groups excluding carboxylic acids is 2. The summed E-state index contributed by atoms with van der Waals surface area (Å²) in [7, 11) is -0.892. The molecule has 12 heteroatoms. The van der Waals surface area contributed by atoms with E-state index in [9.17, 15) is 18.0 Å². The van der Waals surface area contributed by atoms with Crippen molar-refractivity contribution >= 4 is 55.9 Å². The molecule has 1 unspecified atom stereocenters. The zero-order valence-corrected chi connectivity index (χ0v) is 23.7. The van der Waals surface area contributed by atoms with E-state index in [1.54, 1.807) is 43.7 Å². The quantitative estimate of drug-likeness (QED) is 0.299. The fraction of sp³-hybridized carbons (Fsp3) is 0.400. The first-order chi connectivity index (χ1) is 17.2. The molecule has 1 N–H and O–H groups in total. The molecule has 2 aromatic heterocycles. The van der Waals surface area contributed by atoms with Crippen LogP contribution < -0.4 is 5.32 Å². The molecule has 37 heavy (non-hydrogen) atoms. The Hall–Kier alpha value is -2.66. The van der Waals surface area contributed by atoms with Crippen LogP contribution in [-0.2, 0) is 31.2 Å². The molecule has 0 aliphatic carbocycles. The maximum Gasteiger partial charge on any atom is 0.327 e. The minimum atomic E-state index is -4.05. The van der Waals surface area contributed by atoms with Gasteiger partial charge in [-0.2, -0.15) is 0 Å². The number of aryl methyl sites for hydroxylation is 2. The van der Waals surface area contributed by atoms with Gasteiger partial charge in [-0.3, -0.25) is 9.59 Å². The molecule has 0 saturated carbocycles. The number of carbonyl (C=O) groups is 2. The van der Waals surface area contributed by atoms with Crippen LogP contribution >= 0.6 is 23.2 Å². The third-order valence-corrected chi connectivity index (χ3v) is 9.53. The highest BCUT2D eigenvalue weighted by Gasteiger charge is 2.44. The van der Waals surface area contributed by atoms with Crippen molar-refractivity contribution in [3.8, 4) is 0 Å². The number of nitrogens with zero attached hydrogens (tertiary/aromatic N) is 2. The van der Waals surface area contributed by atoms with Gasteiger partial charge in [0.1, 0.15) is 17.9 Å². The molecule has 3 aromatic rings. The molecule has 200 valence electrons. The van der Waals surface area contributed by atoms with Crippen molar-refractivity contribution in [2.45, 2.75) is 43.4 Å². The van der Waals surface area contributed by atoms with Crippen LogP contribution in [0.4, 0.5) is 0 Å². The smallest absolute Gasteiger partial charge is 0.327 e. The zero-order chi connectivity index (χ0) is 27.7. The number of aromatic nitrogens is 2. The lowest BCUT2D eigenvalue weighted by Crippen LogP contribution is -2.42. The molecular weight excluding hydrogens is 541 g/mol. The normalized spacial score (nSPS) is 13.0. The number of amides is 1. The Bertz CT molecular complexity index is 1450. The SMILES string of the molecule is COCCOC(=O)C(C)(C)S(=O)(=O)c1ccc(C(C)NC(=O)c2cc3c(Cl)c(Cl)c(C)nc3n2C)cc1. The average Bonchev–Trinajstić information content (AvgIpc) is 3.18. The number of benzene rings is 1. The fourth-order valence-electron chi connectivity index (χ4n) is 3.68. The van der Waals surface area contributed by atoms with Crippen molar-refractivity contribution in [1.82, 2.24) is 14.9 Å². The predicted molar refractivity (Wildman–Crippen MR) is 142 cm³/mol. The number of nitrogens with one attached hydrogen (secondary N) is 1. The number of esters is 1. The van der Waals surface area contributed by atoms with Crippen LogP contribution in [0.25, 0.3) is 11.0 Å². The third kappa shape index (κ3) is 5.47. The minimum Gasteiger partial charge on any atom is -0.462 e. The van der Waals surface area contributed by atoms with Crippen LogP contribution in [0.15, 0.2) is 35.2 Å². The lowest BCUT2D eigenvalue weighted by atomic mass is 10.1. The van der Waals surface area contributed by atoms with Gasteiger partial charge in [0.2, 0.25) is 0 Å². The molecule has 0 bridgehead atoms. The summed E-state index contributed by atoms with van der Waals surface area (Å²) in [5, 5.41) is 4.13. The summed E-state index contributed by atoms with van der Waals surface area (Å²) in [6.07, 6.45) is 0. The average molecular weight is 570 g/mol. The molecule has 0 spiro atoms. The second-order valence-electron chi connectivity index (χ2n) is 9.06. The highest BCUT2D eigenvalue weighted by molar-refractivity contribution is 7.93. The summed E-state index contributed by atoms with van der Waals surface area (Å²) >= 11 is 12.6. The van der Waals surface area contributed by atoms with Crippen LogP contribution in [0.1, 0.15) is 48.6 Å². The number of hydrogen-bond donors (Lipinski definition) is 1. The van der Waals surface area contributed by atoms with E-state index in [0.29, 0.717) is 38.0 Å². The molecular formula is C25H29Cl2N3O6S. The van der Waals surface area contributed by atoms with Gasteiger partial charge in [-0.25, -0.2) is 13.4 Å². The van der Waals surface area contributed by atoms with Gasteiger partial charge >= 0.3 is 5.97 Å². The molecule has 2 heterocycles. The van der Waals surface area contributed by atoms with E-state index < -0.39 is 26.6 Å². The number of methoxy groups -OCH3 is 1. The van der Waals surface area contributed by atoms with E-state index in [2.05, 4.69) is 10.3 Å². The molecule has 3 rings (SSSR count). The predicted octanol–water partition coefficient (Wildman–Crippen LogP) is 4.42. The van der Waals surface area contributed by atoms with Gasteiger partial charge in [-0.15, -0.1) is 0 Å². The molecule has 0 fully saturated rings. The van der Waals surface area contributed by atoms with Gasteiger partial charge in [0, 0.05) is 19.5 Å². The Morgan fingerprint density at radius 3 is 2.35 bits per heavy atom.